The molecule has 0 saturated carbocycles. The van der Waals surface area contributed by atoms with Crippen LogP contribution in [0.1, 0.15) is 5.89 Å². The average molecular weight is 143 g/mol. The van der Waals surface area contributed by atoms with E-state index in [1.165, 1.54) is 0 Å². The Morgan fingerprint density at radius 3 is 2.90 bits per heavy atom. The van der Waals surface area contributed by atoms with Gasteiger partial charge in [-0.25, -0.2) is 0 Å². The predicted molar refractivity (Wildman–Crippen MR) is 34.3 cm³/mol. The zero-order valence-corrected chi connectivity index (χ0v) is 5.70. The number of ether oxygens (including phenoxy) is 1. The normalized spacial score (nSPS) is 10.1. The molecule has 10 heavy (non-hydrogen) atoms. The van der Waals surface area contributed by atoms with Crippen LogP contribution in [0.15, 0.2) is 4.42 Å². The minimum atomic E-state index is 0.103. The van der Waals surface area contributed by atoms with Gasteiger partial charge in [-0.05, 0) is 0 Å². The molecular formula is C5H9N3O2. The Kier molecular flexibility index (Phi) is 2.22. The predicted octanol–water partition coefficient (Wildman–Crippen LogP) is -0.159. The molecule has 1 rings (SSSR count). The van der Waals surface area contributed by atoms with E-state index in [1.807, 2.05) is 0 Å². The fourth-order valence-corrected chi connectivity index (χ4v) is 0.557. The lowest BCUT2D eigenvalue weighted by Crippen LogP contribution is -1.93. The second kappa shape index (κ2) is 3.17. The Morgan fingerprint density at radius 2 is 2.40 bits per heavy atom. The molecule has 0 bridgehead atoms. The van der Waals surface area contributed by atoms with E-state index in [0.29, 0.717) is 18.9 Å². The van der Waals surface area contributed by atoms with Crippen LogP contribution in [-0.4, -0.2) is 23.9 Å². The van der Waals surface area contributed by atoms with Gasteiger partial charge in [-0.2, -0.15) is 0 Å². The van der Waals surface area contributed by atoms with Gasteiger partial charge in [0.05, 0.1) is 6.61 Å². The smallest absolute Gasteiger partial charge is 0.312 e. The van der Waals surface area contributed by atoms with Gasteiger partial charge in [-0.1, -0.05) is 5.10 Å². The Hall–Kier alpha value is -1.10. The highest BCUT2D eigenvalue weighted by molar-refractivity contribution is 5.04. The minimum Gasteiger partial charge on any atom is -0.408 e. The van der Waals surface area contributed by atoms with E-state index in [1.54, 1.807) is 7.11 Å². The number of aromatic nitrogens is 2. The van der Waals surface area contributed by atoms with Gasteiger partial charge < -0.3 is 14.9 Å². The molecule has 0 radical (unpaired) electrons. The first-order valence-electron chi connectivity index (χ1n) is 2.89. The third-order valence-electron chi connectivity index (χ3n) is 1.00. The van der Waals surface area contributed by atoms with Gasteiger partial charge in [0.15, 0.2) is 0 Å². The molecule has 5 nitrogen and oxygen atoms in total. The zero-order chi connectivity index (χ0) is 7.40. The molecule has 0 amide bonds. The summed E-state index contributed by atoms with van der Waals surface area (Å²) < 4.78 is 9.65. The average Bonchev–Trinajstić information content (AvgIpc) is 2.31. The second-order valence-corrected chi connectivity index (χ2v) is 1.78. The minimum absolute atomic E-state index is 0.103. The van der Waals surface area contributed by atoms with Crippen molar-refractivity contribution in [3.63, 3.8) is 0 Å². The van der Waals surface area contributed by atoms with E-state index in [9.17, 15) is 0 Å². The van der Waals surface area contributed by atoms with Crippen LogP contribution in [0, 0.1) is 0 Å². The Balaban J connectivity index is 2.42. The SMILES string of the molecule is COCCc1nnc(N)o1. The van der Waals surface area contributed by atoms with Crippen LogP contribution in [0.5, 0.6) is 0 Å². The van der Waals surface area contributed by atoms with Gasteiger partial charge in [0, 0.05) is 13.5 Å². The molecule has 0 saturated heterocycles. The van der Waals surface area contributed by atoms with E-state index in [0.717, 1.165) is 0 Å². The monoisotopic (exact) mass is 143 g/mol. The number of hydrogen-bond acceptors (Lipinski definition) is 5. The first-order chi connectivity index (χ1) is 4.83. The highest BCUT2D eigenvalue weighted by Gasteiger charge is 2.00. The molecule has 2 N–H and O–H groups in total. The molecule has 5 heteroatoms. The summed E-state index contributed by atoms with van der Waals surface area (Å²) >= 11 is 0. The summed E-state index contributed by atoms with van der Waals surface area (Å²) in [7, 11) is 1.61. The van der Waals surface area contributed by atoms with Crippen molar-refractivity contribution < 1.29 is 9.15 Å². The molecule has 0 aliphatic rings. The summed E-state index contributed by atoms with van der Waals surface area (Å²) in [5, 5.41) is 7.11. The number of anilines is 1. The van der Waals surface area contributed by atoms with Gasteiger partial charge in [-0.15, -0.1) is 5.10 Å². The second-order valence-electron chi connectivity index (χ2n) is 1.78. The maximum Gasteiger partial charge on any atom is 0.312 e. The van der Waals surface area contributed by atoms with Crippen molar-refractivity contribution in [3.8, 4) is 0 Å². The molecule has 0 aromatic carbocycles. The van der Waals surface area contributed by atoms with Crippen molar-refractivity contribution in [2.24, 2.45) is 0 Å². The fraction of sp³-hybridized carbons (Fsp3) is 0.600. The Bertz CT molecular complexity index is 199. The lowest BCUT2D eigenvalue weighted by atomic mass is 10.5. The number of nitrogens with two attached hydrogens (primary N) is 1. The summed E-state index contributed by atoms with van der Waals surface area (Å²) in [6.07, 6.45) is 0.612. The zero-order valence-electron chi connectivity index (χ0n) is 5.70. The van der Waals surface area contributed by atoms with Crippen LogP contribution < -0.4 is 5.73 Å². The van der Waals surface area contributed by atoms with E-state index < -0.39 is 0 Å². The summed E-state index contributed by atoms with van der Waals surface area (Å²) in [5.41, 5.74) is 5.17. The Morgan fingerprint density at radius 1 is 1.60 bits per heavy atom. The summed E-state index contributed by atoms with van der Waals surface area (Å²) in [5.74, 6) is 0.513. The maximum absolute atomic E-state index is 5.17. The molecule has 0 aliphatic carbocycles. The van der Waals surface area contributed by atoms with Gasteiger partial charge >= 0.3 is 6.01 Å². The molecule has 0 unspecified atom stereocenters. The van der Waals surface area contributed by atoms with E-state index in [2.05, 4.69) is 10.2 Å². The van der Waals surface area contributed by atoms with Crippen LogP contribution in [-0.2, 0) is 11.2 Å². The van der Waals surface area contributed by atoms with E-state index in [-0.39, 0.29) is 6.01 Å². The number of rotatable bonds is 3. The summed E-state index contributed by atoms with van der Waals surface area (Å²) in [4.78, 5) is 0. The fourth-order valence-electron chi connectivity index (χ4n) is 0.557. The summed E-state index contributed by atoms with van der Waals surface area (Å²) in [6, 6.07) is 0.103. The molecular weight excluding hydrogens is 134 g/mol. The van der Waals surface area contributed by atoms with E-state index in [4.69, 9.17) is 14.9 Å². The third kappa shape index (κ3) is 1.70. The van der Waals surface area contributed by atoms with Crippen molar-refractivity contribution in [2.75, 3.05) is 19.5 Å². The topological polar surface area (TPSA) is 74.2 Å². The number of hydrogen-bond donors (Lipinski definition) is 1. The molecule has 0 atom stereocenters. The van der Waals surface area contributed by atoms with Crippen molar-refractivity contribution in [3.05, 3.63) is 5.89 Å². The first kappa shape index (κ1) is 7.01. The molecule has 56 valence electrons. The van der Waals surface area contributed by atoms with Crippen molar-refractivity contribution >= 4 is 6.01 Å². The first-order valence-corrected chi connectivity index (χ1v) is 2.89. The van der Waals surface area contributed by atoms with Crippen LogP contribution in [0.3, 0.4) is 0 Å². The lowest BCUT2D eigenvalue weighted by Gasteiger charge is -1.90. The highest BCUT2D eigenvalue weighted by Crippen LogP contribution is 2.00. The lowest BCUT2D eigenvalue weighted by molar-refractivity contribution is 0.195. The molecule has 1 aromatic rings. The van der Waals surface area contributed by atoms with Crippen LogP contribution in [0.25, 0.3) is 0 Å². The Labute approximate surface area is 58.2 Å². The van der Waals surface area contributed by atoms with Gasteiger partial charge in [-0.3, -0.25) is 0 Å². The molecule has 1 aromatic heterocycles. The van der Waals surface area contributed by atoms with E-state index >= 15 is 0 Å². The molecule has 1 heterocycles. The number of nitrogens with zero attached hydrogens (tertiary/aromatic N) is 2. The third-order valence-corrected chi connectivity index (χ3v) is 1.00. The largest absolute Gasteiger partial charge is 0.408 e. The van der Waals surface area contributed by atoms with Crippen LogP contribution in [0.4, 0.5) is 6.01 Å². The van der Waals surface area contributed by atoms with Gasteiger partial charge in [0.25, 0.3) is 0 Å². The number of nitrogen functional groups attached to an aromatic ring is 1. The highest BCUT2D eigenvalue weighted by atomic mass is 16.5. The summed E-state index contributed by atoms with van der Waals surface area (Å²) in [6.45, 7) is 0.571. The van der Waals surface area contributed by atoms with Crippen molar-refractivity contribution in [1.29, 1.82) is 0 Å². The molecule has 0 aliphatic heterocycles. The van der Waals surface area contributed by atoms with Gasteiger partial charge in [0.2, 0.25) is 5.89 Å². The van der Waals surface area contributed by atoms with Crippen molar-refractivity contribution in [2.45, 2.75) is 6.42 Å². The van der Waals surface area contributed by atoms with Crippen LogP contribution >= 0.6 is 0 Å². The number of methoxy groups -OCH3 is 1. The van der Waals surface area contributed by atoms with Crippen molar-refractivity contribution in [1.82, 2.24) is 10.2 Å². The quantitative estimate of drug-likeness (QED) is 0.636. The standard InChI is InChI=1S/C5H9N3O2/c1-9-3-2-4-7-8-5(6)10-4/h2-3H2,1H3,(H2,6,8). The van der Waals surface area contributed by atoms with Crippen LogP contribution in [0.2, 0.25) is 0 Å². The van der Waals surface area contributed by atoms with Gasteiger partial charge in [0.1, 0.15) is 0 Å². The molecule has 0 fully saturated rings. The maximum atomic E-state index is 5.17. The molecule has 0 spiro atoms.